The maximum absolute atomic E-state index is 11.9. The van der Waals surface area contributed by atoms with Crippen LogP contribution in [0.25, 0.3) is 10.9 Å². The van der Waals surface area contributed by atoms with E-state index in [1.807, 2.05) is 0 Å². The lowest BCUT2D eigenvalue weighted by Crippen LogP contribution is -2.27. The van der Waals surface area contributed by atoms with Gasteiger partial charge >= 0.3 is 0 Å². The smallest absolute Gasteiger partial charge is 0.260 e. The number of nitrogens with one attached hydrogen (secondary N) is 2. The maximum Gasteiger partial charge on any atom is 0.260 e. The molecule has 1 atom stereocenters. The van der Waals surface area contributed by atoms with Gasteiger partial charge in [-0.15, -0.1) is 0 Å². The van der Waals surface area contributed by atoms with E-state index in [4.69, 9.17) is 5.73 Å². The summed E-state index contributed by atoms with van der Waals surface area (Å²) < 4.78 is 22.4. The van der Waals surface area contributed by atoms with Crippen LogP contribution in [0.5, 0.6) is 0 Å². The molecular weight excluding hydrogens is 280 g/mol. The largest absolute Gasteiger partial charge is 0.399 e. The van der Waals surface area contributed by atoms with Crippen LogP contribution in [0.3, 0.4) is 0 Å². The summed E-state index contributed by atoms with van der Waals surface area (Å²) in [6.07, 6.45) is 1.16. The molecule has 0 spiro atoms. The predicted octanol–water partition coefficient (Wildman–Crippen LogP) is 0.350. The van der Waals surface area contributed by atoms with Crippen LogP contribution < -0.4 is 16.6 Å². The van der Waals surface area contributed by atoms with Crippen LogP contribution in [0.4, 0.5) is 11.6 Å². The number of nitrogens with zero attached hydrogens (tertiary/aromatic N) is 1. The average Bonchev–Trinajstić information content (AvgIpc) is 2.27. The molecule has 1 aromatic carbocycles. The van der Waals surface area contributed by atoms with Gasteiger partial charge in [-0.05, 0) is 25.1 Å². The highest BCUT2D eigenvalue weighted by Crippen LogP contribution is 2.13. The summed E-state index contributed by atoms with van der Waals surface area (Å²) in [4.78, 5) is 18.7. The van der Waals surface area contributed by atoms with Crippen LogP contribution in [0, 0.1) is 0 Å². The molecule has 1 heterocycles. The third kappa shape index (κ3) is 3.47. The molecule has 0 radical (unpaired) electrons. The molecule has 4 N–H and O–H groups in total. The molecule has 2 rings (SSSR count). The van der Waals surface area contributed by atoms with Gasteiger partial charge in [-0.1, -0.05) is 0 Å². The van der Waals surface area contributed by atoms with Crippen LogP contribution in [-0.4, -0.2) is 36.4 Å². The summed E-state index contributed by atoms with van der Waals surface area (Å²) in [7, 11) is -3.10. The third-order valence-electron chi connectivity index (χ3n) is 2.67. The van der Waals surface area contributed by atoms with E-state index in [0.717, 1.165) is 6.26 Å². The summed E-state index contributed by atoms with van der Waals surface area (Å²) in [5.74, 6) is 0.194. The first-order chi connectivity index (χ1) is 9.24. The Morgan fingerprint density at radius 3 is 2.80 bits per heavy atom. The number of anilines is 2. The van der Waals surface area contributed by atoms with Gasteiger partial charge in [0.15, 0.2) is 0 Å². The lowest BCUT2D eigenvalue weighted by Gasteiger charge is -2.13. The molecule has 0 aliphatic rings. The Kier molecular flexibility index (Phi) is 3.67. The monoisotopic (exact) mass is 296 g/mol. The van der Waals surface area contributed by atoms with Gasteiger partial charge in [0.2, 0.25) is 5.95 Å². The molecule has 8 heteroatoms. The van der Waals surface area contributed by atoms with Crippen molar-refractivity contribution in [2.24, 2.45) is 0 Å². The fraction of sp³-hybridized carbons (Fsp3) is 0.333. The van der Waals surface area contributed by atoms with Crippen molar-refractivity contribution in [3.05, 3.63) is 28.6 Å². The van der Waals surface area contributed by atoms with Crippen molar-refractivity contribution >= 4 is 32.4 Å². The number of aromatic nitrogens is 2. The van der Waals surface area contributed by atoms with Crippen molar-refractivity contribution in [2.45, 2.75) is 13.0 Å². The van der Waals surface area contributed by atoms with Crippen LogP contribution in [0.1, 0.15) is 6.92 Å². The minimum Gasteiger partial charge on any atom is -0.399 e. The van der Waals surface area contributed by atoms with E-state index in [1.165, 1.54) is 0 Å². The molecule has 0 fully saturated rings. The van der Waals surface area contributed by atoms with Gasteiger partial charge in [0.05, 0.1) is 16.7 Å². The second kappa shape index (κ2) is 5.12. The first-order valence-electron chi connectivity index (χ1n) is 5.98. The molecule has 0 saturated heterocycles. The van der Waals surface area contributed by atoms with Gasteiger partial charge in [0.25, 0.3) is 5.56 Å². The fourth-order valence-corrected chi connectivity index (χ4v) is 2.95. The highest BCUT2D eigenvalue weighted by atomic mass is 32.2. The lowest BCUT2D eigenvalue weighted by atomic mass is 10.2. The van der Waals surface area contributed by atoms with E-state index in [-0.39, 0.29) is 23.3 Å². The molecule has 2 aromatic rings. The Morgan fingerprint density at radius 1 is 1.45 bits per heavy atom. The number of aromatic amines is 1. The number of sulfone groups is 1. The van der Waals surface area contributed by atoms with E-state index in [1.54, 1.807) is 25.1 Å². The number of nitrogen functional groups attached to an aromatic ring is 1. The number of benzene rings is 1. The summed E-state index contributed by atoms with van der Waals surface area (Å²) in [5, 5.41) is 3.26. The quantitative estimate of drug-likeness (QED) is 0.701. The number of H-pyrrole nitrogens is 1. The van der Waals surface area contributed by atoms with Crippen molar-refractivity contribution in [3.8, 4) is 0 Å². The minimum absolute atomic E-state index is 0.0452. The van der Waals surface area contributed by atoms with E-state index < -0.39 is 9.84 Å². The Morgan fingerprint density at radius 2 is 2.15 bits per heavy atom. The fourth-order valence-electron chi connectivity index (χ4n) is 1.95. The second-order valence-corrected chi connectivity index (χ2v) is 7.01. The van der Waals surface area contributed by atoms with Crippen LogP contribution in [-0.2, 0) is 9.84 Å². The summed E-state index contributed by atoms with van der Waals surface area (Å²) >= 11 is 0. The van der Waals surface area contributed by atoms with Crippen LogP contribution in [0.2, 0.25) is 0 Å². The van der Waals surface area contributed by atoms with E-state index in [0.29, 0.717) is 16.6 Å². The maximum atomic E-state index is 11.9. The molecule has 0 saturated carbocycles. The molecule has 108 valence electrons. The number of hydrogen-bond donors (Lipinski definition) is 3. The Balaban J connectivity index is 2.33. The number of rotatable bonds is 4. The van der Waals surface area contributed by atoms with Crippen molar-refractivity contribution < 1.29 is 8.42 Å². The molecular formula is C12H16N4O3S. The summed E-state index contributed by atoms with van der Waals surface area (Å²) in [6.45, 7) is 1.70. The van der Waals surface area contributed by atoms with Crippen LogP contribution >= 0.6 is 0 Å². The molecule has 1 aromatic heterocycles. The van der Waals surface area contributed by atoms with Gasteiger partial charge in [-0.3, -0.25) is 9.78 Å². The first kappa shape index (κ1) is 14.3. The zero-order valence-electron chi connectivity index (χ0n) is 11.2. The van der Waals surface area contributed by atoms with Crippen molar-refractivity contribution in [1.29, 1.82) is 0 Å². The highest BCUT2D eigenvalue weighted by molar-refractivity contribution is 7.90. The SMILES string of the molecule is CC(CS(C)(=O)=O)Nc1nc2ccc(N)cc2c(=O)[nH]1. The van der Waals surface area contributed by atoms with Crippen LogP contribution in [0.15, 0.2) is 23.0 Å². The lowest BCUT2D eigenvalue weighted by molar-refractivity contribution is 0.597. The second-order valence-electron chi connectivity index (χ2n) is 4.83. The van der Waals surface area contributed by atoms with Crippen molar-refractivity contribution in [1.82, 2.24) is 9.97 Å². The third-order valence-corrected chi connectivity index (χ3v) is 3.77. The van der Waals surface area contributed by atoms with Gasteiger partial charge in [0, 0.05) is 18.0 Å². The average molecular weight is 296 g/mol. The number of hydrogen-bond acceptors (Lipinski definition) is 6. The standard InChI is InChI=1S/C12H16N4O3S/c1-7(6-20(2,18)19)14-12-15-10-4-3-8(13)5-9(10)11(17)16-12/h3-5,7H,6,13H2,1-2H3,(H2,14,15,16,17). The summed E-state index contributed by atoms with van der Waals surface area (Å²) in [6, 6.07) is 4.48. The minimum atomic E-state index is -3.10. The van der Waals surface area contributed by atoms with E-state index >= 15 is 0 Å². The molecule has 0 bridgehead atoms. The van der Waals surface area contributed by atoms with Gasteiger partial charge in [-0.25, -0.2) is 13.4 Å². The summed E-state index contributed by atoms with van der Waals surface area (Å²) in [5.41, 5.74) is 6.27. The topological polar surface area (TPSA) is 118 Å². The molecule has 7 nitrogen and oxygen atoms in total. The van der Waals surface area contributed by atoms with Gasteiger partial charge in [0.1, 0.15) is 9.84 Å². The Bertz CT molecular complexity index is 798. The van der Waals surface area contributed by atoms with Crippen molar-refractivity contribution in [2.75, 3.05) is 23.1 Å². The first-order valence-corrected chi connectivity index (χ1v) is 8.04. The number of nitrogens with two attached hydrogens (primary N) is 1. The predicted molar refractivity (Wildman–Crippen MR) is 79.6 cm³/mol. The van der Waals surface area contributed by atoms with Gasteiger partial charge < -0.3 is 11.1 Å². The molecule has 1 unspecified atom stereocenters. The number of fused-ring (bicyclic) bond motifs is 1. The molecule has 0 aliphatic heterocycles. The molecule has 0 amide bonds. The Labute approximate surface area is 116 Å². The molecule has 20 heavy (non-hydrogen) atoms. The molecule has 0 aliphatic carbocycles. The normalized spacial score (nSPS) is 13.3. The van der Waals surface area contributed by atoms with Gasteiger partial charge in [-0.2, -0.15) is 0 Å². The van der Waals surface area contributed by atoms with E-state index in [2.05, 4.69) is 15.3 Å². The highest BCUT2D eigenvalue weighted by Gasteiger charge is 2.12. The Hall–Kier alpha value is -2.09. The zero-order valence-corrected chi connectivity index (χ0v) is 12.0. The van der Waals surface area contributed by atoms with Crippen molar-refractivity contribution in [3.63, 3.8) is 0 Å². The van der Waals surface area contributed by atoms with E-state index in [9.17, 15) is 13.2 Å². The zero-order chi connectivity index (χ0) is 14.9.